The highest BCUT2D eigenvalue weighted by molar-refractivity contribution is 5.88. The SMILES string of the molecule is Cc1cc2ccccc2n1CCCNC(=O)C1(c2ccccc2)CCOCC1. The van der Waals surface area contributed by atoms with Crippen LogP contribution in [0.1, 0.15) is 30.5 Å². The Morgan fingerprint density at radius 1 is 1.07 bits per heavy atom. The van der Waals surface area contributed by atoms with Crippen LogP contribution in [0.25, 0.3) is 10.9 Å². The lowest BCUT2D eigenvalue weighted by atomic mass is 9.73. The van der Waals surface area contributed by atoms with Gasteiger partial charge in [0.2, 0.25) is 5.91 Å². The summed E-state index contributed by atoms with van der Waals surface area (Å²) >= 11 is 0. The standard InChI is InChI=1S/C24H28N2O2/c1-19-18-20-8-5-6-11-22(20)26(19)15-7-14-25-23(27)24(12-16-28-17-13-24)21-9-3-2-4-10-21/h2-6,8-11,18H,7,12-17H2,1H3,(H,25,27). The molecule has 0 aliphatic carbocycles. The smallest absolute Gasteiger partial charge is 0.230 e. The normalized spacial score (nSPS) is 16.2. The van der Waals surface area contributed by atoms with Crippen LogP contribution >= 0.6 is 0 Å². The largest absolute Gasteiger partial charge is 0.381 e. The topological polar surface area (TPSA) is 43.3 Å². The first-order valence-electron chi connectivity index (χ1n) is 10.2. The molecule has 1 N–H and O–H groups in total. The van der Waals surface area contributed by atoms with Gasteiger partial charge in [0.15, 0.2) is 0 Å². The van der Waals surface area contributed by atoms with Crippen LogP contribution in [-0.4, -0.2) is 30.2 Å². The third kappa shape index (κ3) is 3.57. The maximum absolute atomic E-state index is 13.2. The first kappa shape index (κ1) is 18.8. The summed E-state index contributed by atoms with van der Waals surface area (Å²) in [7, 11) is 0. The molecule has 1 fully saturated rings. The van der Waals surface area contributed by atoms with Gasteiger partial charge in [0, 0.05) is 37.5 Å². The zero-order valence-corrected chi connectivity index (χ0v) is 16.5. The molecule has 1 aliphatic heterocycles. The number of rotatable bonds is 6. The molecule has 4 nitrogen and oxygen atoms in total. The highest BCUT2D eigenvalue weighted by Gasteiger charge is 2.41. The van der Waals surface area contributed by atoms with Crippen LogP contribution in [0.15, 0.2) is 60.7 Å². The molecule has 0 radical (unpaired) electrons. The Bertz CT molecular complexity index is 940. The van der Waals surface area contributed by atoms with Gasteiger partial charge in [0.1, 0.15) is 0 Å². The average Bonchev–Trinajstić information content (AvgIpc) is 3.07. The van der Waals surface area contributed by atoms with Gasteiger partial charge >= 0.3 is 0 Å². The molecule has 0 saturated carbocycles. The molecule has 3 aromatic rings. The summed E-state index contributed by atoms with van der Waals surface area (Å²) in [6.45, 7) is 5.00. The van der Waals surface area contributed by atoms with E-state index in [0.717, 1.165) is 31.4 Å². The van der Waals surface area contributed by atoms with E-state index in [-0.39, 0.29) is 5.91 Å². The lowest BCUT2D eigenvalue weighted by Gasteiger charge is -2.36. The minimum atomic E-state index is -0.463. The van der Waals surface area contributed by atoms with Crippen LogP contribution in [-0.2, 0) is 21.5 Å². The molecule has 0 bridgehead atoms. The van der Waals surface area contributed by atoms with Crippen molar-refractivity contribution in [1.82, 2.24) is 9.88 Å². The monoisotopic (exact) mass is 376 g/mol. The van der Waals surface area contributed by atoms with E-state index < -0.39 is 5.41 Å². The van der Waals surface area contributed by atoms with Crippen molar-refractivity contribution in [3.63, 3.8) is 0 Å². The molecule has 4 heteroatoms. The number of nitrogens with zero attached hydrogens (tertiary/aromatic N) is 1. The first-order valence-corrected chi connectivity index (χ1v) is 10.2. The number of aromatic nitrogens is 1. The van der Waals surface area contributed by atoms with E-state index in [1.165, 1.54) is 16.6 Å². The number of ether oxygens (including phenoxy) is 1. The fourth-order valence-corrected chi connectivity index (χ4v) is 4.38. The van der Waals surface area contributed by atoms with Crippen molar-refractivity contribution in [3.05, 3.63) is 71.9 Å². The highest BCUT2D eigenvalue weighted by atomic mass is 16.5. The summed E-state index contributed by atoms with van der Waals surface area (Å²) < 4.78 is 7.88. The van der Waals surface area contributed by atoms with Gasteiger partial charge in [-0.3, -0.25) is 4.79 Å². The van der Waals surface area contributed by atoms with Crippen molar-refractivity contribution in [2.75, 3.05) is 19.8 Å². The lowest BCUT2D eigenvalue weighted by Crippen LogP contribution is -2.48. The Balaban J connectivity index is 1.41. The fraction of sp³-hybridized carbons (Fsp3) is 0.375. The second-order valence-electron chi connectivity index (χ2n) is 7.67. The number of hydrogen-bond donors (Lipinski definition) is 1. The van der Waals surface area contributed by atoms with E-state index in [1.54, 1.807) is 0 Å². The fourth-order valence-electron chi connectivity index (χ4n) is 4.38. The molecular weight excluding hydrogens is 348 g/mol. The van der Waals surface area contributed by atoms with Crippen LogP contribution in [0.4, 0.5) is 0 Å². The Kier molecular flexibility index (Phi) is 5.49. The summed E-state index contributed by atoms with van der Waals surface area (Å²) in [4.78, 5) is 13.2. The lowest BCUT2D eigenvalue weighted by molar-refractivity contribution is -0.130. The number of carbonyl (C=O) groups is 1. The number of hydrogen-bond acceptors (Lipinski definition) is 2. The average molecular weight is 377 g/mol. The van der Waals surface area contributed by atoms with Crippen molar-refractivity contribution >= 4 is 16.8 Å². The van der Waals surface area contributed by atoms with Crippen LogP contribution in [0.2, 0.25) is 0 Å². The van der Waals surface area contributed by atoms with Crippen LogP contribution in [0, 0.1) is 6.92 Å². The van der Waals surface area contributed by atoms with E-state index >= 15 is 0 Å². The second kappa shape index (κ2) is 8.19. The van der Waals surface area contributed by atoms with Crippen LogP contribution in [0.5, 0.6) is 0 Å². The van der Waals surface area contributed by atoms with Crippen LogP contribution in [0.3, 0.4) is 0 Å². The van der Waals surface area contributed by atoms with E-state index in [4.69, 9.17) is 4.74 Å². The number of benzene rings is 2. The van der Waals surface area contributed by atoms with Crippen molar-refractivity contribution in [3.8, 4) is 0 Å². The molecule has 1 saturated heterocycles. The number of amides is 1. The van der Waals surface area contributed by atoms with E-state index in [2.05, 4.69) is 59.3 Å². The van der Waals surface area contributed by atoms with Crippen molar-refractivity contribution in [1.29, 1.82) is 0 Å². The van der Waals surface area contributed by atoms with Crippen molar-refractivity contribution in [2.45, 2.75) is 38.1 Å². The molecule has 1 aromatic heterocycles. The number of carbonyl (C=O) groups excluding carboxylic acids is 1. The summed E-state index contributed by atoms with van der Waals surface area (Å²) in [5.74, 6) is 0.135. The van der Waals surface area contributed by atoms with Crippen molar-refractivity contribution < 1.29 is 9.53 Å². The third-order valence-electron chi connectivity index (χ3n) is 5.97. The van der Waals surface area contributed by atoms with Gasteiger partial charge in [-0.15, -0.1) is 0 Å². The summed E-state index contributed by atoms with van der Waals surface area (Å²) in [5.41, 5.74) is 3.16. The van der Waals surface area contributed by atoms with Gasteiger partial charge in [-0.25, -0.2) is 0 Å². The number of fused-ring (bicyclic) bond motifs is 1. The van der Waals surface area contributed by atoms with Gasteiger partial charge in [0.25, 0.3) is 0 Å². The van der Waals surface area contributed by atoms with Gasteiger partial charge < -0.3 is 14.6 Å². The predicted octanol–water partition coefficient (Wildman–Crippen LogP) is 4.20. The Labute approximate surface area is 166 Å². The second-order valence-corrected chi connectivity index (χ2v) is 7.67. The quantitative estimate of drug-likeness (QED) is 0.655. The minimum absolute atomic E-state index is 0.135. The van der Waals surface area contributed by atoms with E-state index in [9.17, 15) is 4.79 Å². The van der Waals surface area contributed by atoms with E-state index in [1.807, 2.05) is 18.2 Å². The Hall–Kier alpha value is -2.59. The summed E-state index contributed by atoms with van der Waals surface area (Å²) in [6.07, 6.45) is 2.39. The molecule has 1 aliphatic rings. The van der Waals surface area contributed by atoms with Gasteiger partial charge in [-0.05, 0) is 49.3 Å². The van der Waals surface area contributed by atoms with E-state index in [0.29, 0.717) is 19.8 Å². The molecule has 0 atom stereocenters. The maximum Gasteiger partial charge on any atom is 0.230 e. The number of nitrogens with one attached hydrogen (secondary N) is 1. The molecule has 0 unspecified atom stereocenters. The molecule has 0 spiro atoms. The Morgan fingerprint density at radius 3 is 2.57 bits per heavy atom. The molecule has 1 amide bonds. The first-order chi connectivity index (χ1) is 13.7. The molecular formula is C24H28N2O2. The zero-order chi connectivity index (χ0) is 19.4. The Morgan fingerprint density at radius 2 is 1.79 bits per heavy atom. The third-order valence-corrected chi connectivity index (χ3v) is 5.97. The van der Waals surface area contributed by atoms with Gasteiger partial charge in [-0.1, -0.05) is 48.5 Å². The van der Waals surface area contributed by atoms with Gasteiger partial charge in [-0.2, -0.15) is 0 Å². The minimum Gasteiger partial charge on any atom is -0.381 e. The van der Waals surface area contributed by atoms with Crippen molar-refractivity contribution in [2.24, 2.45) is 0 Å². The summed E-state index contributed by atoms with van der Waals surface area (Å²) in [6, 6.07) is 20.8. The zero-order valence-electron chi connectivity index (χ0n) is 16.5. The number of aryl methyl sites for hydroxylation is 2. The molecule has 2 heterocycles. The number of para-hydroxylation sites is 1. The summed E-state index contributed by atoms with van der Waals surface area (Å²) in [5, 5.41) is 4.49. The maximum atomic E-state index is 13.2. The highest BCUT2D eigenvalue weighted by Crippen LogP contribution is 2.35. The predicted molar refractivity (Wildman–Crippen MR) is 112 cm³/mol. The van der Waals surface area contributed by atoms with Crippen LogP contribution < -0.4 is 5.32 Å². The molecule has 2 aromatic carbocycles. The molecule has 146 valence electrons. The molecule has 4 rings (SSSR count). The van der Waals surface area contributed by atoms with Gasteiger partial charge in [0.05, 0.1) is 5.41 Å². The molecule has 28 heavy (non-hydrogen) atoms.